The quantitative estimate of drug-likeness (QED) is 0.0489. The topological polar surface area (TPSA) is 152 Å². The van der Waals surface area contributed by atoms with Crippen LogP contribution in [-0.4, -0.2) is 49.0 Å². The Kier molecular flexibility index (Phi) is 17.4. The Bertz CT molecular complexity index is 1740. The molecule has 0 aromatic heterocycles. The molecule has 53 heavy (non-hydrogen) atoms. The van der Waals surface area contributed by atoms with Crippen molar-refractivity contribution in [1.29, 1.82) is 0 Å². The first-order valence-electron chi connectivity index (χ1n) is 17.8. The molecule has 0 aliphatic rings. The summed E-state index contributed by atoms with van der Waals surface area (Å²) in [6.45, 7) is 0.893. The molecule has 6 N–H and O–H groups in total. The van der Waals surface area contributed by atoms with E-state index < -0.39 is 24.1 Å². The van der Waals surface area contributed by atoms with Crippen molar-refractivity contribution in [2.75, 3.05) is 18.8 Å². The number of aryl methyl sites for hydroxylation is 1. The molecule has 10 nitrogen and oxygen atoms in total. The molecular weight excluding hydrogens is 802 g/mol. The van der Waals surface area contributed by atoms with Gasteiger partial charge in [-0.2, -0.15) is 0 Å². The second-order valence-corrected chi connectivity index (χ2v) is 14.4. The van der Waals surface area contributed by atoms with Crippen LogP contribution in [0.2, 0.25) is 0 Å². The first-order chi connectivity index (χ1) is 25.7. The van der Waals surface area contributed by atoms with Crippen LogP contribution in [0.1, 0.15) is 54.4 Å². The highest BCUT2D eigenvalue weighted by molar-refractivity contribution is 9.11. The molecule has 0 radical (unpaired) electrons. The Balaban J connectivity index is 1.38. The maximum Gasteiger partial charge on any atom is 0.407 e. The first-order valence-corrected chi connectivity index (χ1v) is 19.4. The molecule has 0 aliphatic heterocycles. The van der Waals surface area contributed by atoms with Crippen LogP contribution in [-0.2, 0) is 45.0 Å². The average molecular weight is 850 g/mol. The summed E-state index contributed by atoms with van der Waals surface area (Å²) < 4.78 is 6.60. The predicted molar refractivity (Wildman–Crippen MR) is 215 cm³/mol. The van der Waals surface area contributed by atoms with Crippen LogP contribution in [0.25, 0.3) is 0 Å². The zero-order chi connectivity index (χ0) is 37.8. The van der Waals surface area contributed by atoms with Crippen LogP contribution in [0.5, 0.6) is 0 Å². The van der Waals surface area contributed by atoms with Crippen LogP contribution >= 0.6 is 31.9 Å². The van der Waals surface area contributed by atoms with Gasteiger partial charge in [-0.1, -0.05) is 91.0 Å². The lowest BCUT2D eigenvalue weighted by Gasteiger charge is -2.24. The van der Waals surface area contributed by atoms with E-state index in [1.807, 2.05) is 103 Å². The highest BCUT2D eigenvalue weighted by atomic mass is 79.9. The standard InChI is InChI=1S/C41H47Br2N5O5/c42-33-25-32(26-34(43)38(33)44)27-36(47-37(49)21-12-19-29-13-4-1-5-14-29)40(51)48-35(39(50)45-24-22-30-15-6-2-7-16-30)20-10-11-23-46-41(52)53-28-31-17-8-3-9-18-31/h1-9,13-18,25-26,35-36H,10-12,19-24,27-28,44H2,(H,45,50)(H,46,52)(H,47,49)(H,48,51)/t35-,36+/m0/s1. The molecule has 0 saturated carbocycles. The van der Waals surface area contributed by atoms with E-state index in [2.05, 4.69) is 53.1 Å². The number of benzene rings is 4. The average Bonchev–Trinajstić information content (AvgIpc) is 3.16. The van der Waals surface area contributed by atoms with Gasteiger partial charge in [0.1, 0.15) is 18.7 Å². The highest BCUT2D eigenvalue weighted by Crippen LogP contribution is 2.30. The lowest BCUT2D eigenvalue weighted by molar-refractivity contribution is -0.132. The van der Waals surface area contributed by atoms with Gasteiger partial charge in [0.25, 0.3) is 0 Å². The van der Waals surface area contributed by atoms with E-state index in [0.717, 1.165) is 28.7 Å². The number of unbranched alkanes of at least 4 members (excludes halogenated alkanes) is 1. The fraction of sp³-hybridized carbons (Fsp3) is 0.317. The minimum atomic E-state index is -0.956. The van der Waals surface area contributed by atoms with Crippen molar-refractivity contribution in [3.8, 4) is 0 Å². The molecule has 0 aliphatic carbocycles. The third kappa shape index (κ3) is 15.1. The molecule has 0 bridgehead atoms. The Labute approximate surface area is 328 Å². The van der Waals surface area contributed by atoms with Gasteiger partial charge in [-0.15, -0.1) is 0 Å². The summed E-state index contributed by atoms with van der Waals surface area (Å²) >= 11 is 6.94. The molecule has 0 heterocycles. The zero-order valence-corrected chi connectivity index (χ0v) is 32.8. The van der Waals surface area contributed by atoms with Crippen LogP contribution in [0.4, 0.5) is 10.5 Å². The van der Waals surface area contributed by atoms with E-state index in [-0.39, 0.29) is 31.3 Å². The summed E-state index contributed by atoms with van der Waals surface area (Å²) in [6, 6.07) is 30.9. The molecule has 0 spiro atoms. The maximum atomic E-state index is 14.0. The van der Waals surface area contributed by atoms with Crippen molar-refractivity contribution in [3.05, 3.63) is 134 Å². The fourth-order valence-corrected chi connectivity index (χ4v) is 6.92. The van der Waals surface area contributed by atoms with Gasteiger partial charge in [0.15, 0.2) is 0 Å². The van der Waals surface area contributed by atoms with Crippen LogP contribution in [0.3, 0.4) is 0 Å². The molecule has 0 unspecified atom stereocenters. The number of amides is 4. The molecule has 2 atom stereocenters. The van der Waals surface area contributed by atoms with Crippen LogP contribution in [0.15, 0.2) is 112 Å². The van der Waals surface area contributed by atoms with Gasteiger partial charge < -0.3 is 31.7 Å². The van der Waals surface area contributed by atoms with Crippen molar-refractivity contribution in [2.24, 2.45) is 0 Å². The number of alkyl carbamates (subject to hydrolysis) is 1. The number of nitrogen functional groups attached to an aromatic ring is 1. The van der Waals surface area contributed by atoms with Gasteiger partial charge in [-0.25, -0.2) is 4.79 Å². The first kappa shape index (κ1) is 41.1. The molecule has 12 heteroatoms. The summed E-state index contributed by atoms with van der Waals surface area (Å²) in [5, 5.41) is 11.6. The smallest absolute Gasteiger partial charge is 0.407 e. The molecule has 4 amide bonds. The van der Waals surface area contributed by atoms with Crippen molar-refractivity contribution in [2.45, 2.75) is 70.1 Å². The van der Waals surface area contributed by atoms with Crippen molar-refractivity contribution >= 4 is 61.4 Å². The molecule has 4 rings (SSSR count). The Morgan fingerprint density at radius 1 is 0.623 bits per heavy atom. The molecule has 280 valence electrons. The Morgan fingerprint density at radius 2 is 1.21 bits per heavy atom. The lowest BCUT2D eigenvalue weighted by atomic mass is 10.0. The van der Waals surface area contributed by atoms with E-state index in [9.17, 15) is 19.2 Å². The van der Waals surface area contributed by atoms with Gasteiger partial charge in [0, 0.05) is 34.9 Å². The number of rotatable bonds is 20. The fourth-order valence-electron chi connectivity index (χ4n) is 5.64. The number of halogens is 2. The van der Waals surface area contributed by atoms with Crippen molar-refractivity contribution in [3.63, 3.8) is 0 Å². The van der Waals surface area contributed by atoms with E-state index >= 15 is 0 Å². The summed E-state index contributed by atoms with van der Waals surface area (Å²) in [4.78, 5) is 52.9. The van der Waals surface area contributed by atoms with Gasteiger partial charge in [-0.05, 0) is 105 Å². The maximum absolute atomic E-state index is 14.0. The summed E-state index contributed by atoms with van der Waals surface area (Å²) in [7, 11) is 0. The summed E-state index contributed by atoms with van der Waals surface area (Å²) in [5.41, 5.74) is 10.5. The van der Waals surface area contributed by atoms with Crippen molar-refractivity contribution < 1.29 is 23.9 Å². The second-order valence-electron chi connectivity index (χ2n) is 12.7. The Hall–Kier alpha value is -4.68. The van der Waals surface area contributed by atoms with E-state index in [4.69, 9.17) is 10.5 Å². The number of carbonyl (C=O) groups is 4. The molecule has 0 fully saturated rings. The van der Waals surface area contributed by atoms with E-state index in [0.29, 0.717) is 59.8 Å². The third-order valence-electron chi connectivity index (χ3n) is 8.53. The number of anilines is 1. The molecular formula is C41H47Br2N5O5. The van der Waals surface area contributed by atoms with Gasteiger partial charge in [0.05, 0.1) is 5.69 Å². The number of ether oxygens (including phenoxy) is 1. The number of hydrogen-bond donors (Lipinski definition) is 5. The zero-order valence-electron chi connectivity index (χ0n) is 29.6. The van der Waals surface area contributed by atoms with E-state index in [1.165, 1.54) is 0 Å². The van der Waals surface area contributed by atoms with Crippen molar-refractivity contribution in [1.82, 2.24) is 21.3 Å². The summed E-state index contributed by atoms with van der Waals surface area (Å²) in [5.74, 6) is -1.06. The SMILES string of the molecule is Nc1c(Br)cc(C[C@@H](NC(=O)CCCc2ccccc2)C(=O)N[C@@H](CCCCNC(=O)OCc2ccccc2)C(=O)NCCc2ccccc2)cc1Br. The van der Waals surface area contributed by atoms with Crippen LogP contribution in [0, 0.1) is 0 Å². The highest BCUT2D eigenvalue weighted by Gasteiger charge is 2.27. The summed E-state index contributed by atoms with van der Waals surface area (Å²) in [6.07, 6.45) is 3.26. The lowest BCUT2D eigenvalue weighted by Crippen LogP contribution is -2.54. The normalized spacial score (nSPS) is 11.9. The largest absolute Gasteiger partial charge is 0.445 e. The predicted octanol–water partition coefficient (Wildman–Crippen LogP) is 6.78. The minimum absolute atomic E-state index is 0.166. The van der Waals surface area contributed by atoms with Crippen LogP contribution < -0.4 is 27.0 Å². The van der Waals surface area contributed by atoms with Gasteiger partial charge in [-0.3, -0.25) is 14.4 Å². The molecule has 4 aromatic carbocycles. The number of hydrogen-bond acceptors (Lipinski definition) is 6. The molecule has 0 saturated heterocycles. The number of nitrogens with two attached hydrogens (primary N) is 1. The monoisotopic (exact) mass is 847 g/mol. The number of nitrogens with one attached hydrogen (secondary N) is 4. The second kappa shape index (κ2) is 22.4. The molecule has 4 aromatic rings. The van der Waals surface area contributed by atoms with Gasteiger partial charge in [0.2, 0.25) is 17.7 Å². The Morgan fingerprint density at radius 3 is 1.83 bits per heavy atom. The minimum Gasteiger partial charge on any atom is -0.445 e. The third-order valence-corrected chi connectivity index (χ3v) is 9.85. The number of carbonyl (C=O) groups excluding carboxylic acids is 4. The van der Waals surface area contributed by atoms with Gasteiger partial charge >= 0.3 is 6.09 Å². The van der Waals surface area contributed by atoms with E-state index in [1.54, 1.807) is 0 Å².